The first kappa shape index (κ1) is 14.6. The Morgan fingerprint density at radius 2 is 2.25 bits per heavy atom. The first-order valence-corrected chi connectivity index (χ1v) is 7.54. The average molecular weight is 329 g/mol. The molecule has 2 aromatic rings. The van der Waals surface area contributed by atoms with Crippen LogP contribution < -0.4 is 5.32 Å². The Labute approximate surface area is 136 Å². The zero-order chi connectivity index (χ0) is 17.1. The lowest BCUT2D eigenvalue weighted by Crippen LogP contribution is -2.41. The number of likely N-dealkylation sites (tertiary alicyclic amines) is 1. The van der Waals surface area contributed by atoms with Crippen molar-refractivity contribution in [3.8, 4) is 0 Å². The second kappa shape index (κ2) is 4.76. The molecule has 2 aromatic heterocycles. The summed E-state index contributed by atoms with van der Waals surface area (Å²) in [7, 11) is 0. The number of amides is 2. The van der Waals surface area contributed by atoms with Gasteiger partial charge >= 0.3 is 5.97 Å². The molecule has 2 aliphatic heterocycles. The molecule has 0 unspecified atom stereocenters. The molecular formula is C15H15N5O4. The fourth-order valence-electron chi connectivity index (χ4n) is 3.64. The topological polar surface area (TPSA) is 117 Å². The molecule has 0 aliphatic carbocycles. The maximum Gasteiger partial charge on any atom is 0.314 e. The number of carboxylic acids is 1. The molecule has 2 saturated heterocycles. The number of carboxylic acid groups (broad SMARTS) is 1. The summed E-state index contributed by atoms with van der Waals surface area (Å²) >= 11 is 0. The summed E-state index contributed by atoms with van der Waals surface area (Å²) in [6.07, 6.45) is 3.27. The van der Waals surface area contributed by atoms with E-state index in [2.05, 4.69) is 15.3 Å². The zero-order valence-corrected chi connectivity index (χ0v) is 12.9. The first-order chi connectivity index (χ1) is 11.4. The molecule has 2 N–H and O–H groups in total. The SMILES string of the molecule is Cc1nc2ncccn2c1C(=O)N1C[C@H]2C(=O)NC[C@@]2(C(=O)O)C1. The maximum absolute atomic E-state index is 13.0. The second-order valence-electron chi connectivity index (χ2n) is 6.25. The minimum atomic E-state index is -1.25. The molecule has 124 valence electrons. The first-order valence-electron chi connectivity index (χ1n) is 7.54. The number of nitrogens with one attached hydrogen (secondary N) is 1. The lowest BCUT2D eigenvalue weighted by Gasteiger charge is -2.22. The van der Waals surface area contributed by atoms with Gasteiger partial charge in [-0.25, -0.2) is 9.97 Å². The summed E-state index contributed by atoms with van der Waals surface area (Å²) in [5, 5.41) is 12.2. The molecule has 2 aliphatic rings. The van der Waals surface area contributed by atoms with Gasteiger partial charge in [-0.2, -0.15) is 0 Å². The molecule has 0 saturated carbocycles. The summed E-state index contributed by atoms with van der Waals surface area (Å²) in [6, 6.07) is 1.69. The van der Waals surface area contributed by atoms with Crippen molar-refractivity contribution >= 4 is 23.6 Å². The number of aliphatic carboxylic acids is 1. The fraction of sp³-hybridized carbons (Fsp3) is 0.400. The Kier molecular flexibility index (Phi) is 2.90. The van der Waals surface area contributed by atoms with Crippen LogP contribution in [0.3, 0.4) is 0 Å². The Bertz CT molecular complexity index is 891. The zero-order valence-electron chi connectivity index (χ0n) is 12.9. The number of fused-ring (bicyclic) bond motifs is 2. The monoisotopic (exact) mass is 329 g/mol. The van der Waals surface area contributed by atoms with Crippen molar-refractivity contribution in [1.29, 1.82) is 0 Å². The number of aryl methyl sites for hydroxylation is 1. The highest BCUT2D eigenvalue weighted by atomic mass is 16.4. The van der Waals surface area contributed by atoms with E-state index in [0.717, 1.165) is 0 Å². The highest BCUT2D eigenvalue weighted by Gasteiger charge is 2.60. The lowest BCUT2D eigenvalue weighted by atomic mass is 9.81. The van der Waals surface area contributed by atoms with E-state index < -0.39 is 17.3 Å². The summed E-state index contributed by atoms with van der Waals surface area (Å²) in [5.41, 5.74) is -0.386. The molecule has 9 heteroatoms. The van der Waals surface area contributed by atoms with Crippen molar-refractivity contribution in [2.24, 2.45) is 11.3 Å². The van der Waals surface area contributed by atoms with Gasteiger partial charge in [-0.15, -0.1) is 0 Å². The maximum atomic E-state index is 13.0. The summed E-state index contributed by atoms with van der Waals surface area (Å²) in [5.74, 6) is -2.03. The van der Waals surface area contributed by atoms with Gasteiger partial charge in [0, 0.05) is 32.0 Å². The summed E-state index contributed by atoms with van der Waals surface area (Å²) < 4.78 is 1.58. The number of carbonyl (C=O) groups is 3. The van der Waals surface area contributed by atoms with Gasteiger partial charge < -0.3 is 15.3 Å². The van der Waals surface area contributed by atoms with E-state index >= 15 is 0 Å². The van der Waals surface area contributed by atoms with Gasteiger partial charge in [0.25, 0.3) is 5.91 Å². The molecule has 2 fully saturated rings. The van der Waals surface area contributed by atoms with Crippen LogP contribution in [0.5, 0.6) is 0 Å². The summed E-state index contributed by atoms with van der Waals surface area (Å²) in [4.78, 5) is 46.4. The third-order valence-electron chi connectivity index (χ3n) is 4.93. The van der Waals surface area contributed by atoms with Crippen LogP contribution in [0, 0.1) is 18.3 Å². The number of nitrogens with zero attached hydrogens (tertiary/aromatic N) is 4. The van der Waals surface area contributed by atoms with E-state index in [-0.39, 0.29) is 31.4 Å². The van der Waals surface area contributed by atoms with Crippen LogP contribution in [0.25, 0.3) is 5.78 Å². The van der Waals surface area contributed by atoms with Crippen molar-refractivity contribution in [1.82, 2.24) is 24.6 Å². The Morgan fingerprint density at radius 1 is 1.46 bits per heavy atom. The normalized spacial score (nSPS) is 25.8. The van der Waals surface area contributed by atoms with Gasteiger partial charge in [0.1, 0.15) is 11.1 Å². The lowest BCUT2D eigenvalue weighted by molar-refractivity contribution is -0.149. The highest BCUT2D eigenvalue weighted by Crippen LogP contribution is 2.40. The molecule has 24 heavy (non-hydrogen) atoms. The fourth-order valence-corrected chi connectivity index (χ4v) is 3.64. The van der Waals surface area contributed by atoms with E-state index in [9.17, 15) is 19.5 Å². The Balaban J connectivity index is 1.72. The Hall–Kier alpha value is -2.97. The minimum Gasteiger partial charge on any atom is -0.481 e. The van der Waals surface area contributed by atoms with Gasteiger partial charge in [-0.3, -0.25) is 18.8 Å². The largest absolute Gasteiger partial charge is 0.481 e. The average Bonchev–Trinajstić information content (AvgIpc) is 3.18. The molecule has 4 heterocycles. The van der Waals surface area contributed by atoms with Gasteiger partial charge in [-0.05, 0) is 13.0 Å². The number of hydrogen-bond acceptors (Lipinski definition) is 5. The predicted octanol–water partition coefficient (Wildman–Crippen LogP) is -0.689. The number of rotatable bonds is 2. The molecule has 2 atom stereocenters. The Morgan fingerprint density at radius 3 is 2.96 bits per heavy atom. The predicted molar refractivity (Wildman–Crippen MR) is 80.2 cm³/mol. The van der Waals surface area contributed by atoms with Crippen LogP contribution in [0.15, 0.2) is 18.5 Å². The molecule has 0 spiro atoms. The molecule has 2 amide bonds. The molecule has 0 bridgehead atoms. The third kappa shape index (κ3) is 1.78. The smallest absolute Gasteiger partial charge is 0.314 e. The van der Waals surface area contributed by atoms with E-state index in [4.69, 9.17) is 0 Å². The molecule has 0 radical (unpaired) electrons. The van der Waals surface area contributed by atoms with Gasteiger partial charge in [0.15, 0.2) is 0 Å². The number of aromatic nitrogens is 3. The van der Waals surface area contributed by atoms with Crippen LogP contribution in [-0.4, -0.2) is 61.8 Å². The molecule has 4 rings (SSSR count). The van der Waals surface area contributed by atoms with Crippen LogP contribution in [0.1, 0.15) is 16.2 Å². The summed E-state index contributed by atoms with van der Waals surface area (Å²) in [6.45, 7) is 1.84. The van der Waals surface area contributed by atoms with E-state index in [0.29, 0.717) is 17.2 Å². The van der Waals surface area contributed by atoms with Crippen LogP contribution in [0.4, 0.5) is 0 Å². The van der Waals surface area contributed by atoms with Crippen LogP contribution in [0.2, 0.25) is 0 Å². The van der Waals surface area contributed by atoms with Crippen LogP contribution >= 0.6 is 0 Å². The van der Waals surface area contributed by atoms with E-state index in [1.165, 1.54) is 4.90 Å². The minimum absolute atomic E-state index is 0.00247. The number of imidazole rings is 1. The van der Waals surface area contributed by atoms with Gasteiger partial charge in [-0.1, -0.05) is 0 Å². The molecule has 0 aromatic carbocycles. The van der Waals surface area contributed by atoms with Crippen molar-refractivity contribution in [2.75, 3.05) is 19.6 Å². The quantitative estimate of drug-likeness (QED) is 0.753. The van der Waals surface area contributed by atoms with Crippen molar-refractivity contribution in [2.45, 2.75) is 6.92 Å². The standard InChI is InChI=1S/C15H15N5O4/c1-8-10(20-4-2-3-16-14(20)18-8)12(22)19-5-9-11(21)17-6-15(9,7-19)13(23)24/h2-4,9H,5-7H2,1H3,(H,17,21)(H,23,24)/t9-,15+/m0/s1. The molecular weight excluding hydrogens is 314 g/mol. The number of hydrogen-bond donors (Lipinski definition) is 2. The van der Waals surface area contributed by atoms with E-state index in [1.54, 1.807) is 29.8 Å². The van der Waals surface area contributed by atoms with E-state index in [1.807, 2.05) is 0 Å². The van der Waals surface area contributed by atoms with Crippen molar-refractivity contribution in [3.05, 3.63) is 29.8 Å². The van der Waals surface area contributed by atoms with Gasteiger partial charge in [0.2, 0.25) is 11.7 Å². The highest BCUT2D eigenvalue weighted by molar-refractivity contribution is 5.98. The second-order valence-corrected chi connectivity index (χ2v) is 6.25. The van der Waals surface area contributed by atoms with Crippen LogP contribution in [-0.2, 0) is 9.59 Å². The third-order valence-corrected chi connectivity index (χ3v) is 4.93. The van der Waals surface area contributed by atoms with Crippen molar-refractivity contribution in [3.63, 3.8) is 0 Å². The molecule has 9 nitrogen and oxygen atoms in total. The number of carbonyl (C=O) groups excluding carboxylic acids is 2. The van der Waals surface area contributed by atoms with Crippen molar-refractivity contribution < 1.29 is 19.5 Å². The van der Waals surface area contributed by atoms with Gasteiger partial charge in [0.05, 0.1) is 11.6 Å².